The topological polar surface area (TPSA) is 29.1 Å². The third-order valence-electron chi connectivity index (χ3n) is 2.29. The molecule has 0 fully saturated rings. The number of hydrogen-bond donors (Lipinski definition) is 1. The number of rotatable bonds is 7. The molecule has 0 radical (unpaired) electrons. The molecule has 0 saturated heterocycles. The lowest BCUT2D eigenvalue weighted by molar-refractivity contribution is -0.115. The van der Waals surface area contributed by atoms with Crippen molar-refractivity contribution in [3.63, 3.8) is 0 Å². The van der Waals surface area contributed by atoms with Crippen molar-refractivity contribution in [2.45, 2.75) is 45.4 Å². The Morgan fingerprint density at radius 1 is 1.06 bits per heavy atom. The molecule has 0 atom stereocenters. The molecular formula is C14H27NOS. The Bertz CT molecular complexity index is 270. The quantitative estimate of drug-likeness (QED) is 0.551. The maximum atomic E-state index is 11.4. The van der Waals surface area contributed by atoms with Gasteiger partial charge in [0.2, 0.25) is 0 Å². The first-order chi connectivity index (χ1) is 7.95. The van der Waals surface area contributed by atoms with E-state index in [1.54, 1.807) is 0 Å². The molecule has 0 rings (SSSR count). The van der Waals surface area contributed by atoms with Crippen LogP contribution in [0, 0.1) is 11.2 Å². The van der Waals surface area contributed by atoms with Crippen LogP contribution >= 0.6 is 10.0 Å². The van der Waals surface area contributed by atoms with E-state index in [9.17, 15) is 4.79 Å². The van der Waals surface area contributed by atoms with E-state index >= 15 is 0 Å². The number of nitrogens with one attached hydrogen (secondary N) is 1. The largest absolute Gasteiger partial charge is 0.345 e. The van der Waals surface area contributed by atoms with E-state index in [1.165, 1.54) is 32.1 Å². The summed E-state index contributed by atoms with van der Waals surface area (Å²) in [5, 5.41) is 5.86. The zero-order valence-electron chi connectivity index (χ0n) is 11.8. The molecule has 0 aliphatic rings. The minimum atomic E-state index is -0.887. The van der Waals surface area contributed by atoms with Gasteiger partial charge in [0.1, 0.15) is 0 Å². The van der Waals surface area contributed by atoms with Gasteiger partial charge in [0, 0.05) is 12.5 Å². The molecule has 0 aliphatic carbocycles. The molecule has 2 nitrogen and oxygen atoms in total. The van der Waals surface area contributed by atoms with Crippen LogP contribution in [0.1, 0.15) is 45.4 Å². The van der Waals surface area contributed by atoms with Crippen molar-refractivity contribution in [3.05, 3.63) is 0 Å². The Morgan fingerprint density at radius 2 is 1.65 bits per heavy atom. The third kappa shape index (κ3) is 13.3. The Hall–Kier alpha value is -0.620. The second-order valence-corrected chi connectivity index (χ2v) is 8.97. The van der Waals surface area contributed by atoms with Crippen molar-refractivity contribution in [1.29, 1.82) is 0 Å². The zero-order valence-corrected chi connectivity index (χ0v) is 12.6. The van der Waals surface area contributed by atoms with Gasteiger partial charge in [-0.2, -0.15) is 10.0 Å². The standard InChI is InChI=1S/C14H27NOS/c1-5-6-7-8-9-10-12-15-14(16)11-13-17(2,3)4/h5-10,12H2,1-4H3,(H,15,16). The summed E-state index contributed by atoms with van der Waals surface area (Å²) in [5.74, 6) is 2.55. The lowest BCUT2D eigenvalue weighted by Gasteiger charge is -2.14. The van der Waals surface area contributed by atoms with Crippen LogP contribution in [0.25, 0.3) is 0 Å². The van der Waals surface area contributed by atoms with Gasteiger partial charge in [0.25, 0.3) is 5.91 Å². The van der Waals surface area contributed by atoms with Crippen LogP contribution in [0.4, 0.5) is 0 Å². The molecule has 0 aliphatic heterocycles. The average molecular weight is 257 g/mol. The highest BCUT2D eigenvalue weighted by atomic mass is 32.3. The van der Waals surface area contributed by atoms with Crippen LogP contribution in [0.2, 0.25) is 0 Å². The number of carbonyl (C=O) groups excluding carboxylic acids is 1. The molecule has 0 saturated carbocycles. The van der Waals surface area contributed by atoms with E-state index in [2.05, 4.69) is 42.2 Å². The first-order valence-corrected chi connectivity index (χ1v) is 9.30. The Kier molecular flexibility index (Phi) is 9.07. The molecule has 0 aromatic heterocycles. The maximum absolute atomic E-state index is 11.4. The molecule has 0 spiro atoms. The number of hydrogen-bond acceptors (Lipinski definition) is 1. The van der Waals surface area contributed by atoms with Crippen molar-refractivity contribution in [2.24, 2.45) is 0 Å². The van der Waals surface area contributed by atoms with Gasteiger partial charge in [0.05, 0.1) is 0 Å². The normalized spacial score (nSPS) is 11.5. The Balaban J connectivity index is 3.48. The Labute approximate surface area is 108 Å². The third-order valence-corrected chi connectivity index (χ3v) is 3.00. The summed E-state index contributed by atoms with van der Waals surface area (Å²) in [7, 11) is -0.887. The summed E-state index contributed by atoms with van der Waals surface area (Å²) < 4.78 is 0. The number of amides is 1. The van der Waals surface area contributed by atoms with Crippen LogP contribution in [0.15, 0.2) is 0 Å². The molecule has 0 heterocycles. The van der Waals surface area contributed by atoms with Crippen molar-refractivity contribution in [2.75, 3.05) is 25.3 Å². The van der Waals surface area contributed by atoms with E-state index in [0.717, 1.165) is 13.0 Å². The van der Waals surface area contributed by atoms with Crippen LogP contribution in [-0.4, -0.2) is 31.2 Å². The number of unbranched alkanes of at least 4 members (excludes halogenated alkanes) is 5. The highest BCUT2D eigenvalue weighted by molar-refractivity contribution is 8.36. The second kappa shape index (κ2) is 9.41. The summed E-state index contributed by atoms with van der Waals surface area (Å²) >= 11 is 0. The first-order valence-electron chi connectivity index (χ1n) is 6.44. The van der Waals surface area contributed by atoms with Crippen molar-refractivity contribution < 1.29 is 4.79 Å². The van der Waals surface area contributed by atoms with Gasteiger partial charge in [-0.3, -0.25) is 4.79 Å². The molecule has 0 unspecified atom stereocenters. The first kappa shape index (κ1) is 16.4. The minimum Gasteiger partial charge on any atom is -0.345 e. The van der Waals surface area contributed by atoms with Crippen molar-refractivity contribution in [1.82, 2.24) is 5.32 Å². The smallest absolute Gasteiger partial charge is 0.296 e. The van der Waals surface area contributed by atoms with E-state index < -0.39 is 10.0 Å². The van der Waals surface area contributed by atoms with Gasteiger partial charge in [-0.25, -0.2) is 0 Å². The highest BCUT2D eigenvalue weighted by Gasteiger charge is 1.99. The predicted molar refractivity (Wildman–Crippen MR) is 79.5 cm³/mol. The predicted octanol–water partition coefficient (Wildman–Crippen LogP) is 3.12. The fraction of sp³-hybridized carbons (Fsp3) is 0.786. The summed E-state index contributed by atoms with van der Waals surface area (Å²) in [6.45, 7) is 2.98. The van der Waals surface area contributed by atoms with Gasteiger partial charge in [-0.05, 0) is 30.4 Å². The molecule has 100 valence electrons. The van der Waals surface area contributed by atoms with E-state index in [0.29, 0.717) is 0 Å². The van der Waals surface area contributed by atoms with Crippen LogP contribution in [0.3, 0.4) is 0 Å². The summed E-state index contributed by atoms with van der Waals surface area (Å²) in [6, 6.07) is 0. The van der Waals surface area contributed by atoms with Crippen molar-refractivity contribution in [3.8, 4) is 11.2 Å². The lowest BCUT2D eigenvalue weighted by Crippen LogP contribution is -2.22. The summed E-state index contributed by atoms with van der Waals surface area (Å²) in [4.78, 5) is 11.4. The van der Waals surface area contributed by atoms with Gasteiger partial charge in [-0.1, -0.05) is 39.0 Å². The minimum absolute atomic E-state index is 0.124. The van der Waals surface area contributed by atoms with E-state index in [4.69, 9.17) is 0 Å². The van der Waals surface area contributed by atoms with Crippen molar-refractivity contribution >= 4 is 15.9 Å². The molecule has 3 heteroatoms. The van der Waals surface area contributed by atoms with Gasteiger partial charge in [0.15, 0.2) is 0 Å². The number of carbonyl (C=O) groups is 1. The van der Waals surface area contributed by atoms with Crippen LogP contribution in [-0.2, 0) is 4.79 Å². The fourth-order valence-electron chi connectivity index (χ4n) is 1.35. The molecule has 0 aromatic rings. The second-order valence-electron chi connectivity index (χ2n) is 5.09. The summed E-state index contributed by atoms with van der Waals surface area (Å²) in [6.07, 6.45) is 13.7. The van der Waals surface area contributed by atoms with Crippen LogP contribution < -0.4 is 5.32 Å². The van der Waals surface area contributed by atoms with Crippen LogP contribution in [0.5, 0.6) is 0 Å². The Morgan fingerprint density at radius 3 is 2.24 bits per heavy atom. The molecule has 1 N–H and O–H groups in total. The molecule has 0 bridgehead atoms. The fourth-order valence-corrected chi connectivity index (χ4v) is 1.75. The molecule has 1 amide bonds. The molecular weight excluding hydrogens is 230 g/mol. The molecule has 17 heavy (non-hydrogen) atoms. The molecule has 0 aromatic carbocycles. The maximum Gasteiger partial charge on any atom is 0.296 e. The summed E-state index contributed by atoms with van der Waals surface area (Å²) in [5.41, 5.74) is 0. The van der Waals surface area contributed by atoms with Gasteiger partial charge >= 0.3 is 0 Å². The average Bonchev–Trinajstić information content (AvgIpc) is 2.24. The monoisotopic (exact) mass is 257 g/mol. The van der Waals surface area contributed by atoms with Gasteiger partial charge in [-0.15, -0.1) is 0 Å². The lowest BCUT2D eigenvalue weighted by atomic mass is 10.1. The SMILES string of the molecule is CCCCCCCCNC(=O)C#CS(C)(C)C. The van der Waals surface area contributed by atoms with Gasteiger partial charge < -0.3 is 5.32 Å². The zero-order chi connectivity index (χ0) is 13.1. The highest BCUT2D eigenvalue weighted by Crippen LogP contribution is 2.31. The van der Waals surface area contributed by atoms with E-state index in [-0.39, 0.29) is 5.91 Å². The van der Waals surface area contributed by atoms with E-state index in [1.807, 2.05) is 0 Å².